The maximum atomic E-state index is 10.3. The highest BCUT2D eigenvalue weighted by molar-refractivity contribution is 5.17. The van der Waals surface area contributed by atoms with Crippen molar-refractivity contribution in [2.24, 2.45) is 0 Å². The fourth-order valence-corrected chi connectivity index (χ4v) is 3.06. The van der Waals surface area contributed by atoms with Gasteiger partial charge in [-0.1, -0.05) is 43.7 Å². The molecule has 0 saturated carbocycles. The summed E-state index contributed by atoms with van der Waals surface area (Å²) in [6.45, 7) is 2.02. The van der Waals surface area contributed by atoms with Gasteiger partial charge < -0.3 is 15.5 Å². The molecule has 0 amide bonds. The number of nitrogens with one attached hydrogen (secondary N) is 1. The van der Waals surface area contributed by atoms with Crippen LogP contribution in [0, 0.1) is 0 Å². The monoisotopic (exact) mass is 277 g/mol. The lowest BCUT2D eigenvalue weighted by Crippen LogP contribution is -2.44. The number of piperidine rings is 1. The van der Waals surface area contributed by atoms with Crippen molar-refractivity contribution in [2.75, 3.05) is 0 Å². The van der Waals surface area contributed by atoms with Crippen LogP contribution in [0.4, 0.5) is 0 Å². The molecule has 0 unspecified atom stereocenters. The van der Waals surface area contributed by atoms with Gasteiger partial charge in [0.15, 0.2) is 0 Å². The Morgan fingerprint density at radius 2 is 1.75 bits per heavy atom. The molecule has 0 aromatic heterocycles. The number of aliphatic hydroxyl groups excluding tert-OH is 2. The third-order valence-corrected chi connectivity index (χ3v) is 4.30. The largest absolute Gasteiger partial charge is 0.393 e. The molecule has 112 valence electrons. The van der Waals surface area contributed by atoms with Gasteiger partial charge in [0.2, 0.25) is 0 Å². The number of hydrogen-bond acceptors (Lipinski definition) is 3. The van der Waals surface area contributed by atoms with Gasteiger partial charge in [-0.25, -0.2) is 0 Å². The minimum absolute atomic E-state index is 0.203. The lowest BCUT2D eigenvalue weighted by molar-refractivity contribution is 0.113. The zero-order chi connectivity index (χ0) is 14.4. The Bertz CT molecular complexity index is 382. The molecular weight excluding hydrogens is 250 g/mol. The normalized spacial score (nSPS) is 26.1. The Labute approximate surface area is 122 Å². The highest BCUT2D eigenvalue weighted by Gasteiger charge is 2.24. The highest BCUT2D eigenvalue weighted by atomic mass is 16.3. The van der Waals surface area contributed by atoms with E-state index >= 15 is 0 Å². The molecule has 20 heavy (non-hydrogen) atoms. The van der Waals surface area contributed by atoms with Crippen LogP contribution < -0.4 is 5.32 Å². The van der Waals surface area contributed by atoms with Crippen molar-refractivity contribution in [3.8, 4) is 0 Å². The lowest BCUT2D eigenvalue weighted by atomic mass is 9.90. The molecule has 3 nitrogen and oxygen atoms in total. The Balaban J connectivity index is 1.83. The molecule has 1 aliphatic rings. The van der Waals surface area contributed by atoms with E-state index in [2.05, 4.69) is 5.32 Å². The molecule has 1 aromatic rings. The van der Waals surface area contributed by atoms with Gasteiger partial charge in [-0.15, -0.1) is 0 Å². The van der Waals surface area contributed by atoms with Gasteiger partial charge in [0.25, 0.3) is 0 Å². The molecule has 0 spiro atoms. The van der Waals surface area contributed by atoms with Crippen LogP contribution in [0.2, 0.25) is 0 Å². The summed E-state index contributed by atoms with van der Waals surface area (Å²) >= 11 is 0. The van der Waals surface area contributed by atoms with Crippen molar-refractivity contribution >= 4 is 0 Å². The topological polar surface area (TPSA) is 52.5 Å². The third-order valence-electron chi connectivity index (χ3n) is 4.30. The Morgan fingerprint density at radius 3 is 2.40 bits per heavy atom. The quantitative estimate of drug-likeness (QED) is 0.749. The zero-order valence-electron chi connectivity index (χ0n) is 12.3. The SMILES string of the molecule is CC[C@H](O)C[C@H]1CCC[C@@H](C[C@H](O)c2ccccc2)N1. The van der Waals surface area contributed by atoms with Crippen LogP contribution in [0.25, 0.3) is 0 Å². The van der Waals surface area contributed by atoms with E-state index in [1.54, 1.807) is 0 Å². The first-order valence-electron chi connectivity index (χ1n) is 7.86. The maximum absolute atomic E-state index is 10.3. The first kappa shape index (κ1) is 15.5. The number of hydrogen-bond donors (Lipinski definition) is 3. The first-order chi connectivity index (χ1) is 9.69. The predicted octanol–water partition coefficient (Wildman–Crippen LogP) is 2.78. The summed E-state index contributed by atoms with van der Waals surface area (Å²) in [6.07, 6.45) is 5.22. The van der Waals surface area contributed by atoms with Crippen LogP contribution in [0.5, 0.6) is 0 Å². The number of rotatable bonds is 6. The molecule has 2 rings (SSSR count). The van der Waals surface area contributed by atoms with Gasteiger partial charge in [0.05, 0.1) is 12.2 Å². The van der Waals surface area contributed by atoms with Crippen LogP contribution in [0.3, 0.4) is 0 Å². The lowest BCUT2D eigenvalue weighted by Gasteiger charge is -2.33. The van der Waals surface area contributed by atoms with E-state index in [0.717, 1.165) is 37.7 Å². The van der Waals surface area contributed by atoms with Gasteiger partial charge >= 0.3 is 0 Å². The van der Waals surface area contributed by atoms with Gasteiger partial charge in [0, 0.05) is 12.1 Å². The number of benzene rings is 1. The minimum atomic E-state index is -0.399. The molecule has 3 N–H and O–H groups in total. The van der Waals surface area contributed by atoms with Crippen LogP contribution in [0.1, 0.15) is 57.1 Å². The van der Waals surface area contributed by atoms with E-state index in [9.17, 15) is 10.2 Å². The van der Waals surface area contributed by atoms with E-state index in [4.69, 9.17) is 0 Å². The Kier molecular flexibility index (Phi) is 6.02. The van der Waals surface area contributed by atoms with Gasteiger partial charge in [-0.05, 0) is 37.7 Å². The molecule has 0 aliphatic carbocycles. The average Bonchev–Trinajstić information content (AvgIpc) is 2.48. The van der Waals surface area contributed by atoms with Gasteiger partial charge in [-0.3, -0.25) is 0 Å². The van der Waals surface area contributed by atoms with Crippen LogP contribution in [0.15, 0.2) is 30.3 Å². The molecule has 4 atom stereocenters. The average molecular weight is 277 g/mol. The van der Waals surface area contributed by atoms with E-state index < -0.39 is 6.10 Å². The Morgan fingerprint density at radius 1 is 1.10 bits per heavy atom. The third kappa shape index (κ3) is 4.58. The van der Waals surface area contributed by atoms with Crippen molar-refractivity contribution < 1.29 is 10.2 Å². The second kappa shape index (κ2) is 7.77. The van der Waals surface area contributed by atoms with Gasteiger partial charge in [-0.2, -0.15) is 0 Å². The number of aliphatic hydroxyl groups is 2. The van der Waals surface area contributed by atoms with Crippen LogP contribution in [-0.4, -0.2) is 28.4 Å². The van der Waals surface area contributed by atoms with Crippen molar-refractivity contribution in [1.29, 1.82) is 0 Å². The second-order valence-corrected chi connectivity index (χ2v) is 5.95. The standard InChI is InChI=1S/C17H27NO2/c1-2-16(19)11-14-9-6-10-15(18-14)12-17(20)13-7-4-3-5-8-13/h3-5,7-8,14-20H,2,6,9-12H2,1H3/t14-,15+,16+,17+/m1/s1. The molecule has 1 aromatic carbocycles. The molecule has 1 fully saturated rings. The molecule has 1 aliphatic heterocycles. The minimum Gasteiger partial charge on any atom is -0.393 e. The van der Waals surface area contributed by atoms with Crippen molar-refractivity contribution in [3.05, 3.63) is 35.9 Å². The molecule has 3 heteroatoms. The predicted molar refractivity (Wildman–Crippen MR) is 81.5 cm³/mol. The fraction of sp³-hybridized carbons (Fsp3) is 0.647. The smallest absolute Gasteiger partial charge is 0.0804 e. The molecule has 1 heterocycles. The molecule has 0 radical (unpaired) electrons. The van der Waals surface area contributed by atoms with E-state index in [-0.39, 0.29) is 6.10 Å². The highest BCUT2D eigenvalue weighted by Crippen LogP contribution is 2.24. The Hall–Kier alpha value is -0.900. The van der Waals surface area contributed by atoms with Crippen molar-refractivity contribution in [2.45, 2.75) is 69.7 Å². The van der Waals surface area contributed by atoms with Crippen molar-refractivity contribution in [1.82, 2.24) is 5.32 Å². The second-order valence-electron chi connectivity index (χ2n) is 5.95. The van der Waals surface area contributed by atoms with Crippen LogP contribution >= 0.6 is 0 Å². The summed E-state index contributed by atoms with van der Waals surface area (Å²) in [7, 11) is 0. The summed E-state index contributed by atoms with van der Waals surface area (Å²) < 4.78 is 0. The molecule has 0 bridgehead atoms. The summed E-state index contributed by atoms with van der Waals surface area (Å²) in [6, 6.07) is 10.6. The molecular formula is C17H27NO2. The summed E-state index contributed by atoms with van der Waals surface area (Å²) in [5.41, 5.74) is 0.991. The van der Waals surface area contributed by atoms with Crippen molar-refractivity contribution in [3.63, 3.8) is 0 Å². The fourth-order valence-electron chi connectivity index (χ4n) is 3.06. The molecule has 1 saturated heterocycles. The van der Waals surface area contributed by atoms with Gasteiger partial charge in [0.1, 0.15) is 0 Å². The van der Waals surface area contributed by atoms with E-state index in [1.165, 1.54) is 6.42 Å². The maximum Gasteiger partial charge on any atom is 0.0804 e. The van der Waals surface area contributed by atoms with Crippen LogP contribution in [-0.2, 0) is 0 Å². The van der Waals surface area contributed by atoms with E-state index in [0.29, 0.717) is 12.1 Å². The van der Waals surface area contributed by atoms with E-state index in [1.807, 2.05) is 37.3 Å². The summed E-state index contributed by atoms with van der Waals surface area (Å²) in [5, 5.41) is 23.7. The summed E-state index contributed by atoms with van der Waals surface area (Å²) in [4.78, 5) is 0. The summed E-state index contributed by atoms with van der Waals surface area (Å²) in [5.74, 6) is 0. The first-order valence-corrected chi connectivity index (χ1v) is 7.86. The zero-order valence-corrected chi connectivity index (χ0v) is 12.3.